The number of allylic oxidation sites excluding steroid dienone is 14. The van der Waals surface area contributed by atoms with Crippen molar-refractivity contribution in [3.63, 3.8) is 0 Å². The van der Waals surface area contributed by atoms with E-state index in [4.69, 9.17) is 14.2 Å². The molecule has 0 radical (unpaired) electrons. The van der Waals surface area contributed by atoms with E-state index in [1.54, 1.807) is 0 Å². The van der Waals surface area contributed by atoms with Gasteiger partial charge < -0.3 is 14.2 Å². The maximum Gasteiger partial charge on any atom is 0.306 e. The van der Waals surface area contributed by atoms with Gasteiger partial charge in [0, 0.05) is 19.3 Å². The van der Waals surface area contributed by atoms with Crippen molar-refractivity contribution in [2.45, 2.75) is 258 Å². The molecular weight excluding hydrogens is 805 g/mol. The van der Waals surface area contributed by atoms with Crippen molar-refractivity contribution in [3.05, 3.63) is 85.1 Å². The van der Waals surface area contributed by atoms with Crippen molar-refractivity contribution in [3.8, 4) is 0 Å². The van der Waals surface area contributed by atoms with E-state index in [1.165, 1.54) is 103 Å². The molecule has 0 aromatic heterocycles. The molecule has 0 fully saturated rings. The summed E-state index contributed by atoms with van der Waals surface area (Å²) in [4.78, 5) is 38.0. The predicted molar refractivity (Wildman–Crippen MR) is 279 cm³/mol. The lowest BCUT2D eigenvalue weighted by Crippen LogP contribution is -2.30. The van der Waals surface area contributed by atoms with Gasteiger partial charge in [-0.2, -0.15) is 0 Å². The fraction of sp³-hybridized carbons (Fsp3) is 0.712. The molecule has 0 N–H and O–H groups in total. The minimum atomic E-state index is -0.805. The second-order valence-corrected chi connectivity index (χ2v) is 17.8. The van der Waals surface area contributed by atoms with Crippen LogP contribution in [-0.4, -0.2) is 37.2 Å². The molecular formula is C59H100O6. The molecule has 0 amide bonds. The number of hydrogen-bond acceptors (Lipinski definition) is 6. The highest BCUT2D eigenvalue weighted by atomic mass is 16.6. The Labute approximate surface area is 401 Å². The Hall–Kier alpha value is -3.41. The van der Waals surface area contributed by atoms with Gasteiger partial charge in [-0.3, -0.25) is 14.4 Å². The fourth-order valence-electron chi connectivity index (χ4n) is 7.33. The van der Waals surface area contributed by atoms with Crippen molar-refractivity contribution in [2.24, 2.45) is 0 Å². The van der Waals surface area contributed by atoms with Crippen LogP contribution in [0.5, 0.6) is 0 Å². The van der Waals surface area contributed by atoms with E-state index in [9.17, 15) is 14.4 Å². The van der Waals surface area contributed by atoms with Gasteiger partial charge in [0.2, 0.25) is 0 Å². The maximum atomic E-state index is 12.8. The molecule has 6 heteroatoms. The molecule has 0 heterocycles. The smallest absolute Gasteiger partial charge is 0.306 e. The first kappa shape index (κ1) is 61.6. The molecule has 0 aliphatic carbocycles. The minimum absolute atomic E-state index is 0.0984. The molecule has 372 valence electrons. The number of rotatable bonds is 48. The Bertz CT molecular complexity index is 1270. The highest BCUT2D eigenvalue weighted by Gasteiger charge is 2.19. The zero-order valence-electron chi connectivity index (χ0n) is 42.5. The van der Waals surface area contributed by atoms with Crippen molar-refractivity contribution in [1.29, 1.82) is 0 Å². The molecule has 0 saturated heterocycles. The molecule has 65 heavy (non-hydrogen) atoms. The number of unbranched alkanes of at least 4 members (excludes halogenated alkanes) is 23. The quantitative estimate of drug-likeness (QED) is 0.0262. The molecule has 0 saturated carbocycles. The van der Waals surface area contributed by atoms with Crippen LogP contribution in [0.15, 0.2) is 85.1 Å². The van der Waals surface area contributed by atoms with E-state index in [0.717, 1.165) is 103 Å². The van der Waals surface area contributed by atoms with Crippen LogP contribution in [0.3, 0.4) is 0 Å². The van der Waals surface area contributed by atoms with Crippen molar-refractivity contribution >= 4 is 17.9 Å². The molecule has 0 aliphatic heterocycles. The van der Waals surface area contributed by atoms with E-state index in [-0.39, 0.29) is 37.5 Å². The van der Waals surface area contributed by atoms with E-state index < -0.39 is 6.10 Å². The zero-order valence-corrected chi connectivity index (χ0v) is 42.5. The largest absolute Gasteiger partial charge is 0.462 e. The van der Waals surface area contributed by atoms with E-state index in [0.29, 0.717) is 19.3 Å². The Morgan fingerprint density at radius 3 is 1.03 bits per heavy atom. The number of ether oxygens (including phenoxy) is 3. The maximum absolute atomic E-state index is 12.8. The third-order valence-corrected chi connectivity index (χ3v) is 11.4. The standard InChI is InChI=1S/C59H100O6/c1-4-7-10-13-16-19-22-25-28-29-32-34-37-40-43-46-49-52-58(61)64-55-56(65-59(62)53-50-47-44-41-38-35-31-27-24-21-18-15-12-9-6-3)54-63-57(60)51-48-45-42-39-36-33-30-26-23-20-17-14-11-8-5-2/h7,10,16,18-19,21,25,27-28,31-32,34,40,43,56H,4-6,8-9,11-15,17,20,22-24,26,29-30,33,35-39,41-42,44-55H2,1-3H3/b10-7-,19-16-,21-18-,28-25-,31-27-,34-32-,43-40-. The average molecular weight is 905 g/mol. The Kier molecular flexibility index (Phi) is 50.4. The topological polar surface area (TPSA) is 78.9 Å². The SMILES string of the molecule is CC/C=C\C/C=C\C/C=C\C/C=C\C/C=C\CCCC(=O)OCC(COC(=O)CCCCCCCCCCCCCCCCC)OC(=O)CCCCCCC/C=C\C/C=C\CCCCC. The van der Waals surface area contributed by atoms with Crippen LogP contribution in [0.25, 0.3) is 0 Å². The molecule has 0 aromatic carbocycles. The van der Waals surface area contributed by atoms with Crippen LogP contribution in [0, 0.1) is 0 Å². The van der Waals surface area contributed by atoms with Crippen LogP contribution < -0.4 is 0 Å². The zero-order chi connectivity index (χ0) is 47.2. The van der Waals surface area contributed by atoms with E-state index in [1.807, 2.05) is 0 Å². The highest BCUT2D eigenvalue weighted by molar-refractivity contribution is 5.71. The number of hydrogen-bond donors (Lipinski definition) is 0. The van der Waals surface area contributed by atoms with Gasteiger partial charge in [0.15, 0.2) is 6.10 Å². The molecule has 0 rings (SSSR count). The second kappa shape index (κ2) is 53.2. The van der Waals surface area contributed by atoms with Gasteiger partial charge in [-0.25, -0.2) is 0 Å². The van der Waals surface area contributed by atoms with Gasteiger partial charge in [-0.1, -0.05) is 228 Å². The summed E-state index contributed by atoms with van der Waals surface area (Å²) in [6, 6.07) is 0. The Morgan fingerprint density at radius 2 is 0.615 bits per heavy atom. The number of carbonyl (C=O) groups is 3. The highest BCUT2D eigenvalue weighted by Crippen LogP contribution is 2.15. The first-order valence-corrected chi connectivity index (χ1v) is 27.1. The van der Waals surface area contributed by atoms with Crippen LogP contribution in [0.1, 0.15) is 252 Å². The molecule has 0 aliphatic rings. The summed E-state index contributed by atoms with van der Waals surface area (Å²) in [5.74, 6) is -0.970. The van der Waals surface area contributed by atoms with E-state index in [2.05, 4.69) is 106 Å². The second-order valence-electron chi connectivity index (χ2n) is 17.8. The van der Waals surface area contributed by atoms with Crippen LogP contribution >= 0.6 is 0 Å². The van der Waals surface area contributed by atoms with Gasteiger partial charge in [0.05, 0.1) is 0 Å². The summed E-state index contributed by atoms with van der Waals surface area (Å²) in [5.41, 5.74) is 0. The lowest BCUT2D eigenvalue weighted by atomic mass is 10.0. The monoisotopic (exact) mass is 905 g/mol. The fourth-order valence-corrected chi connectivity index (χ4v) is 7.33. The van der Waals surface area contributed by atoms with Gasteiger partial charge in [0.25, 0.3) is 0 Å². The van der Waals surface area contributed by atoms with Gasteiger partial charge >= 0.3 is 17.9 Å². The normalized spacial score (nSPS) is 12.7. The minimum Gasteiger partial charge on any atom is -0.462 e. The summed E-state index contributed by atoms with van der Waals surface area (Å²) < 4.78 is 16.8. The Morgan fingerprint density at radius 1 is 0.323 bits per heavy atom. The van der Waals surface area contributed by atoms with E-state index >= 15 is 0 Å². The Balaban J connectivity index is 4.49. The van der Waals surface area contributed by atoms with Crippen LogP contribution in [0.2, 0.25) is 0 Å². The molecule has 1 unspecified atom stereocenters. The summed E-state index contributed by atoms with van der Waals surface area (Å²) in [6.45, 7) is 6.45. The summed E-state index contributed by atoms with van der Waals surface area (Å²) in [5, 5.41) is 0. The van der Waals surface area contributed by atoms with Crippen LogP contribution in [-0.2, 0) is 28.6 Å². The van der Waals surface area contributed by atoms with Crippen molar-refractivity contribution in [1.82, 2.24) is 0 Å². The summed E-state index contributed by atoms with van der Waals surface area (Å²) in [6.07, 6.45) is 68.5. The number of esters is 3. The average Bonchev–Trinajstić information content (AvgIpc) is 3.30. The molecule has 1 atom stereocenters. The van der Waals surface area contributed by atoms with Crippen molar-refractivity contribution in [2.75, 3.05) is 13.2 Å². The first-order valence-electron chi connectivity index (χ1n) is 27.1. The molecule has 0 spiro atoms. The lowest BCUT2D eigenvalue weighted by molar-refractivity contribution is -0.167. The third kappa shape index (κ3) is 51.4. The summed E-state index contributed by atoms with van der Waals surface area (Å²) >= 11 is 0. The molecule has 0 aromatic rings. The lowest BCUT2D eigenvalue weighted by Gasteiger charge is -2.18. The molecule has 0 bridgehead atoms. The third-order valence-electron chi connectivity index (χ3n) is 11.4. The van der Waals surface area contributed by atoms with Crippen LogP contribution in [0.4, 0.5) is 0 Å². The van der Waals surface area contributed by atoms with Crippen molar-refractivity contribution < 1.29 is 28.6 Å². The van der Waals surface area contributed by atoms with Gasteiger partial charge in [0.1, 0.15) is 13.2 Å². The van der Waals surface area contributed by atoms with Gasteiger partial charge in [-0.15, -0.1) is 0 Å². The molecule has 6 nitrogen and oxygen atoms in total. The summed E-state index contributed by atoms with van der Waals surface area (Å²) in [7, 11) is 0. The van der Waals surface area contributed by atoms with Gasteiger partial charge in [-0.05, 0) is 89.9 Å². The predicted octanol–water partition coefficient (Wildman–Crippen LogP) is 18.0. The first-order chi connectivity index (χ1) is 32.0. The number of carbonyl (C=O) groups excluding carboxylic acids is 3.